The Kier molecular flexibility index (Phi) is 9.35. The minimum atomic E-state index is -0.244. The van der Waals surface area contributed by atoms with Crippen LogP contribution in [0.15, 0.2) is 113 Å². The van der Waals surface area contributed by atoms with Gasteiger partial charge >= 0.3 is 0 Å². The molecule has 4 nitrogen and oxygen atoms in total. The molecule has 3 aromatic carbocycles. The summed E-state index contributed by atoms with van der Waals surface area (Å²) in [6, 6.07) is 32.4. The average Bonchev–Trinajstić information content (AvgIpc) is 3.00. The van der Waals surface area contributed by atoms with Crippen molar-refractivity contribution >= 4 is 22.5 Å². The molecular formula is C39H36N3OPtS-. The molecule has 0 atom stereocenters. The molecule has 0 saturated heterocycles. The van der Waals surface area contributed by atoms with Gasteiger partial charge < -0.3 is 5.11 Å². The Morgan fingerprint density at radius 3 is 2.20 bits per heavy atom. The second-order valence-corrected chi connectivity index (χ2v) is 14.3. The minimum Gasteiger partial charge on any atom is -0.507 e. The first-order valence-corrected chi connectivity index (χ1v) is 15.6. The Morgan fingerprint density at radius 2 is 1.47 bits per heavy atom. The Morgan fingerprint density at radius 1 is 0.711 bits per heavy atom. The van der Waals surface area contributed by atoms with E-state index in [-0.39, 0.29) is 37.6 Å². The molecule has 0 spiro atoms. The van der Waals surface area contributed by atoms with E-state index in [9.17, 15) is 5.11 Å². The SMILES string of the molecule is CC(C)(C)c1cc(-c2cc(-c3ccccc3)cc(-c3[c-]c(Sc4cc5cnccc5cn4)ccc3)n2)c(O)c(C(C)(C)C)c1.[Pt]. The number of phenolic OH excluding ortho intramolecular Hbond substituents is 1. The molecule has 230 valence electrons. The van der Waals surface area contributed by atoms with Crippen LogP contribution in [0, 0.1) is 6.07 Å². The van der Waals surface area contributed by atoms with Crippen molar-refractivity contribution < 1.29 is 26.2 Å². The van der Waals surface area contributed by atoms with Crippen molar-refractivity contribution in [3.8, 4) is 39.4 Å². The Bertz CT molecular complexity index is 1980. The van der Waals surface area contributed by atoms with Crippen LogP contribution in [-0.4, -0.2) is 20.1 Å². The van der Waals surface area contributed by atoms with Crippen molar-refractivity contribution in [2.45, 2.75) is 62.3 Å². The van der Waals surface area contributed by atoms with E-state index in [0.717, 1.165) is 65.5 Å². The number of pyridine rings is 3. The topological polar surface area (TPSA) is 58.9 Å². The number of benzene rings is 3. The van der Waals surface area contributed by atoms with Crippen molar-refractivity contribution in [3.63, 3.8) is 0 Å². The summed E-state index contributed by atoms with van der Waals surface area (Å²) in [5.74, 6) is 0.277. The van der Waals surface area contributed by atoms with Gasteiger partial charge in [0.1, 0.15) is 5.75 Å². The van der Waals surface area contributed by atoms with Gasteiger partial charge in [-0.2, -0.15) is 0 Å². The first-order valence-electron chi connectivity index (χ1n) is 14.8. The van der Waals surface area contributed by atoms with E-state index >= 15 is 0 Å². The van der Waals surface area contributed by atoms with Crippen LogP contribution in [0.5, 0.6) is 5.75 Å². The third kappa shape index (κ3) is 7.21. The van der Waals surface area contributed by atoms with Crippen LogP contribution in [-0.2, 0) is 31.9 Å². The van der Waals surface area contributed by atoms with Crippen molar-refractivity contribution in [2.24, 2.45) is 0 Å². The van der Waals surface area contributed by atoms with E-state index in [0.29, 0.717) is 0 Å². The molecule has 0 saturated carbocycles. The van der Waals surface area contributed by atoms with Gasteiger partial charge in [0.25, 0.3) is 0 Å². The van der Waals surface area contributed by atoms with Crippen LogP contribution < -0.4 is 0 Å². The maximum Gasteiger partial charge on any atom is 0.128 e. The van der Waals surface area contributed by atoms with Gasteiger partial charge in [0.05, 0.1) is 10.7 Å². The normalized spacial score (nSPS) is 11.8. The van der Waals surface area contributed by atoms with Crippen LogP contribution in [0.25, 0.3) is 44.4 Å². The van der Waals surface area contributed by atoms with Crippen LogP contribution in [0.4, 0.5) is 0 Å². The van der Waals surface area contributed by atoms with E-state index < -0.39 is 0 Å². The first kappa shape index (κ1) is 32.6. The minimum absolute atomic E-state index is 0. The quantitative estimate of drug-likeness (QED) is 0.176. The monoisotopic (exact) mass is 789 g/mol. The Balaban J connectivity index is 0.00000400. The van der Waals surface area contributed by atoms with E-state index in [1.807, 2.05) is 54.9 Å². The van der Waals surface area contributed by atoms with E-state index in [1.165, 1.54) is 0 Å². The largest absolute Gasteiger partial charge is 0.507 e. The summed E-state index contributed by atoms with van der Waals surface area (Å²) in [4.78, 5) is 15.0. The smallest absolute Gasteiger partial charge is 0.128 e. The standard InChI is InChI=1S/C39H36N3OS.Pt/c1-38(2,3)30-21-32(37(43)33(22-30)39(4,5)6)35-19-28(25-11-8-7-9-12-25)18-34(42-35)26-13-10-14-31(17-26)44-36-20-29-23-40-16-15-27(29)24-41-36;/h7-16,18-24,43H,1-6H3;/q-1;. The van der Waals surface area contributed by atoms with Crippen molar-refractivity contribution in [2.75, 3.05) is 0 Å². The van der Waals surface area contributed by atoms with Crippen LogP contribution in [0.3, 0.4) is 0 Å². The molecule has 3 aromatic heterocycles. The first-order chi connectivity index (χ1) is 21.0. The van der Waals surface area contributed by atoms with Gasteiger partial charge in [0, 0.05) is 61.6 Å². The zero-order valence-electron chi connectivity index (χ0n) is 26.3. The number of rotatable bonds is 5. The summed E-state index contributed by atoms with van der Waals surface area (Å²) in [5, 5.41) is 14.7. The molecule has 0 aliphatic rings. The van der Waals surface area contributed by atoms with Crippen molar-refractivity contribution in [1.29, 1.82) is 0 Å². The van der Waals surface area contributed by atoms with Gasteiger partial charge in [-0.1, -0.05) is 101 Å². The van der Waals surface area contributed by atoms with Gasteiger partial charge in [-0.15, -0.1) is 29.8 Å². The number of hydrogen-bond acceptors (Lipinski definition) is 5. The zero-order valence-corrected chi connectivity index (χ0v) is 29.4. The maximum atomic E-state index is 11.7. The fourth-order valence-corrected chi connectivity index (χ4v) is 6.05. The summed E-state index contributed by atoms with van der Waals surface area (Å²) in [6.45, 7) is 13.0. The summed E-state index contributed by atoms with van der Waals surface area (Å²) < 4.78 is 0. The maximum absolute atomic E-state index is 11.7. The molecule has 1 N–H and O–H groups in total. The molecule has 0 amide bonds. The molecule has 0 aliphatic carbocycles. The predicted octanol–water partition coefficient (Wildman–Crippen LogP) is 10.3. The molecule has 0 fully saturated rings. The summed E-state index contributed by atoms with van der Waals surface area (Å²) in [7, 11) is 0. The van der Waals surface area contributed by atoms with Gasteiger partial charge in [-0.05, 0) is 57.5 Å². The average molecular weight is 790 g/mol. The molecule has 6 heteroatoms. The third-order valence-corrected chi connectivity index (χ3v) is 8.64. The second-order valence-electron chi connectivity index (χ2n) is 13.2. The summed E-state index contributed by atoms with van der Waals surface area (Å²) in [6.07, 6.45) is 5.52. The summed E-state index contributed by atoms with van der Waals surface area (Å²) in [5.41, 5.74) is 6.96. The summed E-state index contributed by atoms with van der Waals surface area (Å²) >= 11 is 1.56. The van der Waals surface area contributed by atoms with Gasteiger partial charge in [-0.25, -0.2) is 4.98 Å². The number of aromatic hydroxyl groups is 1. The molecule has 6 rings (SSSR count). The fourth-order valence-electron chi connectivity index (χ4n) is 5.22. The molecule has 3 heterocycles. The molecule has 0 radical (unpaired) electrons. The van der Waals surface area contributed by atoms with Gasteiger partial charge in [0.2, 0.25) is 0 Å². The second kappa shape index (κ2) is 12.9. The molecule has 0 unspecified atom stereocenters. The predicted molar refractivity (Wildman–Crippen MR) is 182 cm³/mol. The van der Waals surface area contributed by atoms with Crippen molar-refractivity contribution in [1.82, 2.24) is 15.0 Å². The molecular weight excluding hydrogens is 754 g/mol. The van der Waals surface area contributed by atoms with E-state index in [1.54, 1.807) is 18.0 Å². The molecule has 6 aromatic rings. The number of aromatic nitrogens is 3. The van der Waals surface area contributed by atoms with Crippen LogP contribution in [0.2, 0.25) is 0 Å². The van der Waals surface area contributed by atoms with Crippen molar-refractivity contribution in [3.05, 3.63) is 121 Å². The van der Waals surface area contributed by atoms with Crippen LogP contribution >= 0.6 is 11.8 Å². The third-order valence-electron chi connectivity index (χ3n) is 7.75. The zero-order chi connectivity index (χ0) is 31.1. The number of nitrogens with zero attached hydrogens (tertiary/aromatic N) is 3. The molecule has 45 heavy (non-hydrogen) atoms. The Labute approximate surface area is 284 Å². The van der Waals surface area contributed by atoms with E-state index in [2.05, 4.69) is 100 Å². The number of phenols is 1. The van der Waals surface area contributed by atoms with Gasteiger partial charge in [0.15, 0.2) is 0 Å². The molecule has 0 bridgehead atoms. The fraction of sp³-hybridized carbons (Fsp3) is 0.205. The van der Waals surface area contributed by atoms with Gasteiger partial charge in [-0.3, -0.25) is 9.97 Å². The number of hydrogen-bond donors (Lipinski definition) is 1. The van der Waals surface area contributed by atoms with E-state index in [4.69, 9.17) is 4.98 Å². The Hall–Kier alpha value is -3.79. The molecule has 0 aliphatic heterocycles. The number of fused-ring (bicyclic) bond motifs is 1. The van der Waals surface area contributed by atoms with Crippen LogP contribution in [0.1, 0.15) is 52.7 Å².